The van der Waals surface area contributed by atoms with E-state index in [1.165, 1.54) is 12.1 Å². The molecule has 0 bridgehead atoms. The molecule has 0 aromatic heterocycles. The molecule has 1 unspecified atom stereocenters. The minimum atomic E-state index is -4.34. The van der Waals surface area contributed by atoms with E-state index in [4.69, 9.17) is 5.73 Å². The summed E-state index contributed by atoms with van der Waals surface area (Å²) in [6.45, 7) is 2.05. The van der Waals surface area contributed by atoms with Gasteiger partial charge in [0.1, 0.15) is 0 Å². The maximum atomic E-state index is 12.5. The summed E-state index contributed by atoms with van der Waals surface area (Å²) in [6, 6.07) is 4.47. The molecule has 1 aliphatic rings. The molecule has 1 saturated carbocycles. The van der Waals surface area contributed by atoms with E-state index in [0.717, 1.165) is 25.0 Å². The minimum Gasteiger partial charge on any atom is -0.349 e. The van der Waals surface area contributed by atoms with Gasteiger partial charge in [0.2, 0.25) is 5.91 Å². The van der Waals surface area contributed by atoms with Crippen molar-refractivity contribution in [1.82, 2.24) is 5.32 Å². The first kappa shape index (κ1) is 14.8. The SMILES string of the molecule is CC(NC(=O)C1(CN)CC1)c1ccc(C(F)(F)F)cc1. The Balaban J connectivity index is 2.03. The highest BCUT2D eigenvalue weighted by Gasteiger charge is 2.48. The Morgan fingerprint density at radius 2 is 1.90 bits per heavy atom. The van der Waals surface area contributed by atoms with Crippen LogP contribution in [0.5, 0.6) is 0 Å². The van der Waals surface area contributed by atoms with Gasteiger partial charge in [0.05, 0.1) is 17.0 Å². The second-order valence-electron chi connectivity index (χ2n) is 5.30. The molecule has 1 amide bonds. The zero-order valence-corrected chi connectivity index (χ0v) is 11.1. The summed E-state index contributed by atoms with van der Waals surface area (Å²) in [4.78, 5) is 12.0. The molecule has 0 saturated heterocycles. The molecule has 20 heavy (non-hydrogen) atoms. The number of halogens is 3. The zero-order valence-electron chi connectivity index (χ0n) is 11.1. The zero-order chi connectivity index (χ0) is 15.0. The van der Waals surface area contributed by atoms with Crippen LogP contribution in [0.4, 0.5) is 13.2 Å². The molecule has 6 heteroatoms. The van der Waals surface area contributed by atoms with E-state index in [1.807, 2.05) is 0 Å². The summed E-state index contributed by atoms with van der Waals surface area (Å²) in [6.07, 6.45) is -2.80. The molecule has 1 aromatic rings. The van der Waals surface area contributed by atoms with E-state index >= 15 is 0 Å². The van der Waals surface area contributed by atoms with Crippen molar-refractivity contribution >= 4 is 5.91 Å². The van der Waals surface area contributed by atoms with Gasteiger partial charge in [-0.05, 0) is 37.5 Å². The third kappa shape index (κ3) is 2.95. The Bertz CT molecular complexity index is 492. The van der Waals surface area contributed by atoms with Crippen LogP contribution in [0.25, 0.3) is 0 Å². The van der Waals surface area contributed by atoms with Gasteiger partial charge in [0.15, 0.2) is 0 Å². The van der Waals surface area contributed by atoms with Gasteiger partial charge in [-0.1, -0.05) is 12.1 Å². The predicted octanol–water partition coefficient (Wildman–Crippen LogP) is 2.62. The lowest BCUT2D eigenvalue weighted by Gasteiger charge is -2.19. The quantitative estimate of drug-likeness (QED) is 0.894. The predicted molar refractivity (Wildman–Crippen MR) is 68.7 cm³/mol. The highest BCUT2D eigenvalue weighted by molar-refractivity contribution is 5.85. The maximum Gasteiger partial charge on any atom is 0.416 e. The van der Waals surface area contributed by atoms with Gasteiger partial charge >= 0.3 is 6.18 Å². The molecule has 1 atom stereocenters. The number of carbonyl (C=O) groups excluding carboxylic acids is 1. The van der Waals surface area contributed by atoms with E-state index in [0.29, 0.717) is 12.1 Å². The number of rotatable bonds is 4. The standard InChI is InChI=1S/C14H17F3N2O/c1-9(19-12(20)13(8-18)6-7-13)10-2-4-11(5-3-10)14(15,16)17/h2-5,9H,6-8,18H2,1H3,(H,19,20). The molecule has 2 rings (SSSR count). The number of benzene rings is 1. The molecule has 3 N–H and O–H groups in total. The van der Waals surface area contributed by atoms with Crippen molar-refractivity contribution in [1.29, 1.82) is 0 Å². The van der Waals surface area contributed by atoms with Crippen molar-refractivity contribution in [2.24, 2.45) is 11.1 Å². The number of nitrogens with two attached hydrogens (primary N) is 1. The van der Waals surface area contributed by atoms with Crippen LogP contribution in [-0.2, 0) is 11.0 Å². The van der Waals surface area contributed by atoms with E-state index < -0.39 is 17.2 Å². The van der Waals surface area contributed by atoms with Gasteiger partial charge < -0.3 is 11.1 Å². The molecular formula is C14H17F3N2O. The second-order valence-corrected chi connectivity index (χ2v) is 5.30. The van der Waals surface area contributed by atoms with Crippen molar-refractivity contribution in [3.05, 3.63) is 35.4 Å². The van der Waals surface area contributed by atoms with Crippen molar-refractivity contribution in [2.75, 3.05) is 6.54 Å². The van der Waals surface area contributed by atoms with Crippen LogP contribution < -0.4 is 11.1 Å². The molecular weight excluding hydrogens is 269 g/mol. The number of hydrogen-bond donors (Lipinski definition) is 2. The lowest BCUT2D eigenvalue weighted by molar-refractivity contribution is -0.137. The van der Waals surface area contributed by atoms with Crippen LogP contribution in [0, 0.1) is 5.41 Å². The molecule has 0 radical (unpaired) electrons. The molecule has 110 valence electrons. The first-order valence-electron chi connectivity index (χ1n) is 6.47. The molecule has 3 nitrogen and oxygen atoms in total. The van der Waals surface area contributed by atoms with Gasteiger partial charge in [-0.25, -0.2) is 0 Å². The Morgan fingerprint density at radius 3 is 2.30 bits per heavy atom. The number of carbonyl (C=O) groups is 1. The summed E-state index contributed by atoms with van der Waals surface area (Å²) >= 11 is 0. The van der Waals surface area contributed by atoms with Gasteiger partial charge in [-0.2, -0.15) is 13.2 Å². The lowest BCUT2D eigenvalue weighted by atomic mass is 10.0. The number of nitrogens with one attached hydrogen (secondary N) is 1. The highest BCUT2D eigenvalue weighted by atomic mass is 19.4. The molecule has 1 aromatic carbocycles. The van der Waals surface area contributed by atoms with Gasteiger partial charge in [-0.3, -0.25) is 4.79 Å². The average molecular weight is 286 g/mol. The smallest absolute Gasteiger partial charge is 0.349 e. The Morgan fingerprint density at radius 1 is 1.35 bits per heavy atom. The van der Waals surface area contributed by atoms with Gasteiger partial charge in [0.25, 0.3) is 0 Å². The Hall–Kier alpha value is -1.56. The topological polar surface area (TPSA) is 55.1 Å². The van der Waals surface area contributed by atoms with Crippen molar-refractivity contribution in [2.45, 2.75) is 32.0 Å². The first-order valence-corrected chi connectivity index (χ1v) is 6.47. The second kappa shape index (κ2) is 5.09. The van der Waals surface area contributed by atoms with E-state index in [9.17, 15) is 18.0 Å². The summed E-state index contributed by atoms with van der Waals surface area (Å²) in [5.41, 5.74) is 5.05. The van der Waals surface area contributed by atoms with E-state index in [1.54, 1.807) is 6.92 Å². The monoisotopic (exact) mass is 286 g/mol. The molecule has 0 spiro atoms. The number of amides is 1. The summed E-state index contributed by atoms with van der Waals surface area (Å²) in [5.74, 6) is -0.118. The Labute approximate surface area is 115 Å². The normalized spacial score (nSPS) is 18.4. The fraction of sp³-hybridized carbons (Fsp3) is 0.500. The third-order valence-corrected chi connectivity index (χ3v) is 3.81. The molecule has 0 heterocycles. The minimum absolute atomic E-state index is 0.118. The van der Waals surface area contributed by atoms with Crippen LogP contribution in [0.2, 0.25) is 0 Å². The van der Waals surface area contributed by atoms with Crippen LogP contribution in [-0.4, -0.2) is 12.5 Å². The van der Waals surface area contributed by atoms with Crippen molar-refractivity contribution < 1.29 is 18.0 Å². The largest absolute Gasteiger partial charge is 0.416 e. The Kier molecular flexibility index (Phi) is 3.77. The molecule has 0 aliphatic heterocycles. The van der Waals surface area contributed by atoms with E-state index in [-0.39, 0.29) is 11.9 Å². The van der Waals surface area contributed by atoms with Crippen molar-refractivity contribution in [3.63, 3.8) is 0 Å². The maximum absolute atomic E-state index is 12.5. The van der Waals surface area contributed by atoms with Crippen LogP contribution in [0.15, 0.2) is 24.3 Å². The molecule has 1 aliphatic carbocycles. The summed E-state index contributed by atoms with van der Waals surface area (Å²) in [5, 5.41) is 2.81. The summed E-state index contributed by atoms with van der Waals surface area (Å²) in [7, 11) is 0. The average Bonchev–Trinajstić information content (AvgIpc) is 3.19. The van der Waals surface area contributed by atoms with Gasteiger partial charge in [0, 0.05) is 6.54 Å². The van der Waals surface area contributed by atoms with Crippen molar-refractivity contribution in [3.8, 4) is 0 Å². The molecule has 1 fully saturated rings. The summed E-state index contributed by atoms with van der Waals surface area (Å²) < 4.78 is 37.4. The lowest BCUT2D eigenvalue weighted by Crippen LogP contribution is -2.37. The van der Waals surface area contributed by atoms with Gasteiger partial charge in [-0.15, -0.1) is 0 Å². The first-order chi connectivity index (χ1) is 9.28. The van der Waals surface area contributed by atoms with Crippen LogP contribution in [0.1, 0.15) is 36.9 Å². The number of alkyl halides is 3. The fourth-order valence-electron chi connectivity index (χ4n) is 2.07. The van der Waals surface area contributed by atoms with Crippen LogP contribution in [0.3, 0.4) is 0 Å². The third-order valence-electron chi connectivity index (χ3n) is 3.81. The van der Waals surface area contributed by atoms with Crippen LogP contribution >= 0.6 is 0 Å². The highest BCUT2D eigenvalue weighted by Crippen LogP contribution is 2.45. The van der Waals surface area contributed by atoms with E-state index in [2.05, 4.69) is 5.32 Å². The fourth-order valence-corrected chi connectivity index (χ4v) is 2.07. The number of hydrogen-bond acceptors (Lipinski definition) is 2.